The van der Waals surface area contributed by atoms with Crippen molar-refractivity contribution >= 4 is 5.97 Å². The van der Waals surface area contributed by atoms with Gasteiger partial charge in [0, 0.05) is 6.20 Å². The molecule has 0 aliphatic carbocycles. The van der Waals surface area contributed by atoms with Gasteiger partial charge in [0.05, 0.1) is 7.11 Å². The molecule has 0 radical (unpaired) electrons. The summed E-state index contributed by atoms with van der Waals surface area (Å²) in [4.78, 5) is 15.8. The first-order valence-electron chi connectivity index (χ1n) is 5.07. The molecule has 4 nitrogen and oxygen atoms in total. The van der Waals surface area contributed by atoms with Crippen molar-refractivity contribution in [3.05, 3.63) is 54.2 Å². The summed E-state index contributed by atoms with van der Waals surface area (Å²) >= 11 is 0. The molecule has 0 atom stereocenters. The van der Waals surface area contributed by atoms with E-state index in [-0.39, 0.29) is 5.88 Å². The summed E-state index contributed by atoms with van der Waals surface area (Å²) in [5.74, 6) is 0.262. The Labute approximate surface area is 98.8 Å². The fourth-order valence-corrected chi connectivity index (χ4v) is 1.36. The van der Waals surface area contributed by atoms with Crippen molar-refractivity contribution in [1.29, 1.82) is 0 Å². The van der Waals surface area contributed by atoms with E-state index >= 15 is 0 Å². The zero-order chi connectivity index (χ0) is 12.1. The van der Waals surface area contributed by atoms with E-state index in [4.69, 9.17) is 9.47 Å². The number of nitrogens with zero attached hydrogens (tertiary/aromatic N) is 1. The third-order valence-electron chi connectivity index (χ3n) is 2.14. The molecule has 1 aromatic carbocycles. The summed E-state index contributed by atoms with van der Waals surface area (Å²) in [7, 11) is 1.46. The van der Waals surface area contributed by atoms with Gasteiger partial charge in [-0.2, -0.15) is 0 Å². The molecule has 0 amide bonds. The fourth-order valence-electron chi connectivity index (χ4n) is 1.36. The van der Waals surface area contributed by atoms with Crippen LogP contribution < -0.4 is 9.47 Å². The molecule has 0 saturated carbocycles. The Morgan fingerprint density at radius 1 is 1.12 bits per heavy atom. The Bertz CT molecular complexity index is 511. The van der Waals surface area contributed by atoms with Crippen LogP contribution in [-0.4, -0.2) is 18.1 Å². The number of pyridine rings is 1. The Morgan fingerprint density at radius 2 is 1.88 bits per heavy atom. The van der Waals surface area contributed by atoms with Crippen LogP contribution in [0.1, 0.15) is 10.4 Å². The monoisotopic (exact) mass is 229 g/mol. The Morgan fingerprint density at radius 3 is 2.59 bits per heavy atom. The molecule has 0 aliphatic rings. The van der Waals surface area contributed by atoms with Gasteiger partial charge in [-0.15, -0.1) is 0 Å². The summed E-state index contributed by atoms with van der Waals surface area (Å²) in [6.07, 6.45) is 1.55. The number of aromatic nitrogens is 1. The van der Waals surface area contributed by atoms with Crippen LogP contribution in [0, 0.1) is 0 Å². The van der Waals surface area contributed by atoms with E-state index in [9.17, 15) is 4.79 Å². The van der Waals surface area contributed by atoms with Gasteiger partial charge in [-0.25, -0.2) is 9.78 Å². The molecule has 0 fully saturated rings. The minimum Gasteiger partial charge on any atom is -0.480 e. The van der Waals surface area contributed by atoms with Crippen molar-refractivity contribution in [3.63, 3.8) is 0 Å². The van der Waals surface area contributed by atoms with Gasteiger partial charge in [0.15, 0.2) is 0 Å². The predicted molar refractivity (Wildman–Crippen MR) is 62.2 cm³/mol. The molecular weight excluding hydrogens is 218 g/mol. The second kappa shape index (κ2) is 5.12. The van der Waals surface area contributed by atoms with Gasteiger partial charge in [-0.05, 0) is 24.3 Å². The highest BCUT2D eigenvalue weighted by molar-refractivity contribution is 5.93. The Hall–Kier alpha value is -2.36. The van der Waals surface area contributed by atoms with E-state index in [1.165, 1.54) is 7.11 Å². The van der Waals surface area contributed by atoms with Crippen molar-refractivity contribution in [2.24, 2.45) is 0 Å². The molecule has 0 saturated heterocycles. The maximum Gasteiger partial charge on any atom is 0.349 e. The zero-order valence-electron chi connectivity index (χ0n) is 9.29. The number of esters is 1. The second-order valence-electron chi connectivity index (χ2n) is 3.26. The number of carbonyl (C=O) groups is 1. The number of rotatable bonds is 3. The van der Waals surface area contributed by atoms with Crippen molar-refractivity contribution in [2.45, 2.75) is 0 Å². The lowest BCUT2D eigenvalue weighted by Gasteiger charge is -2.06. The molecule has 1 aromatic heterocycles. The van der Waals surface area contributed by atoms with Crippen LogP contribution in [0.25, 0.3) is 0 Å². The summed E-state index contributed by atoms with van der Waals surface area (Å²) in [5.41, 5.74) is 0.304. The standard InChI is InChI=1S/C13H11NO3/c1-16-12-11(8-5-9-14-12)13(15)17-10-6-3-2-4-7-10/h2-9H,1H3. The highest BCUT2D eigenvalue weighted by Crippen LogP contribution is 2.17. The highest BCUT2D eigenvalue weighted by atomic mass is 16.5. The van der Waals surface area contributed by atoms with E-state index in [0.29, 0.717) is 11.3 Å². The molecular formula is C13H11NO3. The smallest absolute Gasteiger partial charge is 0.349 e. The zero-order valence-corrected chi connectivity index (χ0v) is 9.29. The average Bonchev–Trinajstić information content (AvgIpc) is 2.40. The minimum absolute atomic E-state index is 0.258. The van der Waals surface area contributed by atoms with Crippen molar-refractivity contribution in [2.75, 3.05) is 7.11 Å². The molecule has 2 rings (SSSR count). The molecule has 0 aliphatic heterocycles. The first-order chi connectivity index (χ1) is 8.31. The summed E-state index contributed by atoms with van der Waals surface area (Å²) in [6.45, 7) is 0. The van der Waals surface area contributed by atoms with Crippen molar-refractivity contribution in [3.8, 4) is 11.6 Å². The number of hydrogen-bond acceptors (Lipinski definition) is 4. The van der Waals surface area contributed by atoms with E-state index in [0.717, 1.165) is 0 Å². The number of carbonyl (C=O) groups excluding carboxylic acids is 1. The molecule has 4 heteroatoms. The number of benzene rings is 1. The lowest BCUT2D eigenvalue weighted by Crippen LogP contribution is -2.10. The summed E-state index contributed by atoms with van der Waals surface area (Å²) in [5, 5.41) is 0. The first kappa shape index (κ1) is 11.1. The van der Waals surface area contributed by atoms with Crippen LogP contribution in [0.2, 0.25) is 0 Å². The SMILES string of the molecule is COc1ncccc1C(=O)Oc1ccccc1. The van der Waals surface area contributed by atoms with Gasteiger partial charge in [-0.1, -0.05) is 18.2 Å². The van der Waals surface area contributed by atoms with E-state index in [1.54, 1.807) is 42.6 Å². The second-order valence-corrected chi connectivity index (χ2v) is 3.26. The van der Waals surface area contributed by atoms with Crippen molar-refractivity contribution < 1.29 is 14.3 Å². The van der Waals surface area contributed by atoms with E-state index in [2.05, 4.69) is 4.98 Å². The Kier molecular flexibility index (Phi) is 3.35. The van der Waals surface area contributed by atoms with Gasteiger partial charge in [0.2, 0.25) is 5.88 Å². The third kappa shape index (κ3) is 2.60. The van der Waals surface area contributed by atoms with Crippen LogP contribution in [0.5, 0.6) is 11.6 Å². The average molecular weight is 229 g/mol. The molecule has 0 spiro atoms. The van der Waals surface area contributed by atoms with Gasteiger partial charge in [0.1, 0.15) is 11.3 Å². The number of hydrogen-bond donors (Lipinski definition) is 0. The van der Waals surface area contributed by atoms with Crippen LogP contribution in [0.3, 0.4) is 0 Å². The predicted octanol–water partition coefficient (Wildman–Crippen LogP) is 2.31. The molecule has 0 N–H and O–H groups in total. The van der Waals surface area contributed by atoms with E-state index < -0.39 is 5.97 Å². The quantitative estimate of drug-likeness (QED) is 0.598. The topological polar surface area (TPSA) is 48.4 Å². The first-order valence-corrected chi connectivity index (χ1v) is 5.07. The Balaban J connectivity index is 2.20. The number of methoxy groups -OCH3 is 1. The lowest BCUT2D eigenvalue weighted by molar-refractivity contribution is 0.0730. The van der Waals surface area contributed by atoms with Crippen LogP contribution >= 0.6 is 0 Å². The van der Waals surface area contributed by atoms with Crippen LogP contribution in [0.15, 0.2) is 48.7 Å². The van der Waals surface area contributed by atoms with Gasteiger partial charge in [-0.3, -0.25) is 0 Å². The normalized spacial score (nSPS) is 9.71. The molecule has 86 valence electrons. The highest BCUT2D eigenvalue weighted by Gasteiger charge is 2.14. The molecule has 0 bridgehead atoms. The lowest BCUT2D eigenvalue weighted by atomic mass is 10.2. The molecule has 17 heavy (non-hydrogen) atoms. The minimum atomic E-state index is -0.485. The van der Waals surface area contributed by atoms with Gasteiger partial charge >= 0.3 is 5.97 Å². The molecule has 2 aromatic rings. The van der Waals surface area contributed by atoms with Crippen LogP contribution in [-0.2, 0) is 0 Å². The number of para-hydroxylation sites is 1. The summed E-state index contributed by atoms with van der Waals surface area (Å²) < 4.78 is 10.2. The van der Waals surface area contributed by atoms with Crippen LogP contribution in [0.4, 0.5) is 0 Å². The fraction of sp³-hybridized carbons (Fsp3) is 0.0769. The summed E-state index contributed by atoms with van der Waals surface area (Å²) in [6, 6.07) is 12.1. The maximum atomic E-state index is 11.9. The van der Waals surface area contributed by atoms with E-state index in [1.807, 2.05) is 6.07 Å². The van der Waals surface area contributed by atoms with Crippen molar-refractivity contribution in [1.82, 2.24) is 4.98 Å². The third-order valence-corrected chi connectivity index (χ3v) is 2.14. The maximum absolute atomic E-state index is 11.9. The number of ether oxygens (including phenoxy) is 2. The molecule has 1 heterocycles. The largest absolute Gasteiger partial charge is 0.480 e. The van der Waals surface area contributed by atoms with Gasteiger partial charge in [0.25, 0.3) is 0 Å². The molecule has 0 unspecified atom stereocenters. The van der Waals surface area contributed by atoms with Gasteiger partial charge < -0.3 is 9.47 Å².